The van der Waals surface area contributed by atoms with Crippen LogP contribution in [0, 0.1) is 0 Å². The van der Waals surface area contributed by atoms with Crippen LogP contribution in [0.15, 0.2) is 28.1 Å². The molecule has 2 aromatic rings. The number of ether oxygens (including phenoxy) is 1. The van der Waals surface area contributed by atoms with Crippen molar-refractivity contribution in [1.29, 1.82) is 0 Å². The second-order valence-electron chi connectivity index (χ2n) is 7.56. The molecule has 166 valence electrons. The largest absolute Gasteiger partial charge is 0.450 e. The number of benzene rings is 1. The van der Waals surface area contributed by atoms with Gasteiger partial charge in [-0.25, -0.2) is 9.78 Å². The molecule has 0 aliphatic heterocycles. The van der Waals surface area contributed by atoms with Crippen LogP contribution in [0.25, 0.3) is 0 Å². The van der Waals surface area contributed by atoms with Crippen LogP contribution in [0.5, 0.6) is 0 Å². The predicted molar refractivity (Wildman–Crippen MR) is 125 cm³/mol. The van der Waals surface area contributed by atoms with Gasteiger partial charge in [-0.3, -0.25) is 0 Å². The van der Waals surface area contributed by atoms with Gasteiger partial charge in [0.2, 0.25) is 0 Å². The molecule has 0 bridgehead atoms. The molecule has 1 aromatic carbocycles. The number of amides is 1. The molecule has 2 N–H and O–H groups in total. The van der Waals surface area contributed by atoms with Crippen molar-refractivity contribution in [3.8, 4) is 0 Å². The number of nitrogens with two attached hydrogens (primary N) is 1. The highest BCUT2D eigenvalue weighted by Crippen LogP contribution is 2.37. The number of nitrogens with zero attached hydrogens (tertiary/aromatic N) is 2. The van der Waals surface area contributed by atoms with Crippen LogP contribution < -0.4 is 5.73 Å². The summed E-state index contributed by atoms with van der Waals surface area (Å²) in [4.78, 5) is 16.8. The molecule has 0 saturated heterocycles. The molecule has 0 spiro atoms. The Labute approximate surface area is 193 Å². The van der Waals surface area contributed by atoms with Gasteiger partial charge in [0, 0.05) is 27.9 Å². The molecule has 0 radical (unpaired) electrons. The zero-order valence-corrected chi connectivity index (χ0v) is 20.2. The SMILES string of the molecule is CCCCCCn1c(CCCOC(N)=O)nc(C(C)C)c1Sc1cc(Cl)cc(Cl)c1. The van der Waals surface area contributed by atoms with Gasteiger partial charge in [-0.2, -0.15) is 0 Å². The lowest BCUT2D eigenvalue weighted by atomic mass is 10.1. The van der Waals surface area contributed by atoms with Crippen LogP contribution >= 0.6 is 35.0 Å². The summed E-state index contributed by atoms with van der Waals surface area (Å²) >= 11 is 14.1. The molecular formula is C22H31Cl2N3O2S. The van der Waals surface area contributed by atoms with E-state index in [1.165, 1.54) is 19.3 Å². The number of imidazole rings is 1. The summed E-state index contributed by atoms with van der Waals surface area (Å²) in [5.41, 5.74) is 6.13. The Bertz CT molecular complexity index is 820. The number of carbonyl (C=O) groups is 1. The van der Waals surface area contributed by atoms with Crippen LogP contribution in [0.4, 0.5) is 4.79 Å². The topological polar surface area (TPSA) is 70.1 Å². The number of aromatic nitrogens is 2. The third-order valence-corrected chi connectivity index (χ3v) is 6.18. The van der Waals surface area contributed by atoms with E-state index in [1.807, 2.05) is 12.1 Å². The molecule has 1 heterocycles. The first-order valence-electron chi connectivity index (χ1n) is 10.5. The third-order valence-electron chi connectivity index (χ3n) is 4.65. The first-order chi connectivity index (χ1) is 14.3. The molecule has 30 heavy (non-hydrogen) atoms. The molecule has 2 rings (SSSR count). The molecule has 0 aliphatic rings. The summed E-state index contributed by atoms with van der Waals surface area (Å²) in [6.45, 7) is 7.71. The lowest BCUT2D eigenvalue weighted by molar-refractivity contribution is 0.155. The van der Waals surface area contributed by atoms with Crippen molar-refractivity contribution >= 4 is 41.1 Å². The van der Waals surface area contributed by atoms with E-state index in [1.54, 1.807) is 17.8 Å². The minimum atomic E-state index is -0.741. The number of hydrogen-bond acceptors (Lipinski definition) is 4. The summed E-state index contributed by atoms with van der Waals surface area (Å²) in [7, 11) is 0. The van der Waals surface area contributed by atoms with E-state index in [4.69, 9.17) is 38.7 Å². The van der Waals surface area contributed by atoms with E-state index in [2.05, 4.69) is 25.3 Å². The number of aryl methyl sites for hydroxylation is 1. The molecule has 5 nitrogen and oxygen atoms in total. The van der Waals surface area contributed by atoms with Crippen LogP contribution in [0.2, 0.25) is 10.0 Å². The van der Waals surface area contributed by atoms with Crippen LogP contribution in [-0.4, -0.2) is 22.3 Å². The lowest BCUT2D eigenvalue weighted by Gasteiger charge is -2.14. The van der Waals surface area contributed by atoms with E-state index in [9.17, 15) is 4.79 Å². The highest BCUT2D eigenvalue weighted by Gasteiger charge is 2.20. The van der Waals surface area contributed by atoms with Crippen molar-refractivity contribution < 1.29 is 9.53 Å². The Kier molecular flexibility index (Phi) is 10.4. The average Bonchev–Trinajstić information content (AvgIpc) is 2.99. The number of hydrogen-bond donors (Lipinski definition) is 1. The van der Waals surface area contributed by atoms with Crippen molar-refractivity contribution in [2.45, 2.75) is 81.7 Å². The molecule has 0 atom stereocenters. The van der Waals surface area contributed by atoms with Gasteiger partial charge < -0.3 is 15.0 Å². The summed E-state index contributed by atoms with van der Waals surface area (Å²) < 4.78 is 7.20. The van der Waals surface area contributed by atoms with E-state index in [0.29, 0.717) is 23.1 Å². The fourth-order valence-corrected chi connectivity index (χ4v) is 5.15. The Morgan fingerprint density at radius 2 is 1.87 bits per heavy atom. The van der Waals surface area contributed by atoms with Gasteiger partial charge in [-0.05, 0) is 37.0 Å². The highest BCUT2D eigenvalue weighted by atomic mass is 35.5. The fourth-order valence-electron chi connectivity index (χ4n) is 3.21. The van der Waals surface area contributed by atoms with E-state index < -0.39 is 6.09 Å². The second-order valence-corrected chi connectivity index (χ2v) is 9.50. The smallest absolute Gasteiger partial charge is 0.404 e. The Balaban J connectivity index is 2.32. The minimum Gasteiger partial charge on any atom is -0.450 e. The number of primary amides is 1. The standard InChI is InChI=1S/C22H31Cl2N3O2S/c1-4-5-6-7-10-27-19(9-8-11-29-22(25)28)26-20(15(2)3)21(27)30-18-13-16(23)12-17(24)14-18/h12-15H,4-11H2,1-3H3,(H2,25,28). The summed E-state index contributed by atoms with van der Waals surface area (Å²) in [6, 6.07) is 5.59. The van der Waals surface area contributed by atoms with Crippen molar-refractivity contribution in [3.05, 3.63) is 39.8 Å². The number of rotatable bonds is 12. The monoisotopic (exact) mass is 471 g/mol. The molecule has 0 saturated carbocycles. The Morgan fingerprint density at radius 1 is 1.17 bits per heavy atom. The molecule has 1 aromatic heterocycles. The summed E-state index contributed by atoms with van der Waals surface area (Å²) in [6.07, 6.45) is 5.35. The maximum Gasteiger partial charge on any atom is 0.404 e. The van der Waals surface area contributed by atoms with Crippen LogP contribution in [-0.2, 0) is 17.7 Å². The van der Waals surface area contributed by atoms with Gasteiger partial charge in [-0.1, -0.05) is 75.0 Å². The van der Waals surface area contributed by atoms with E-state index in [0.717, 1.165) is 40.8 Å². The molecule has 0 fully saturated rings. The van der Waals surface area contributed by atoms with Gasteiger partial charge in [0.15, 0.2) is 0 Å². The first kappa shape index (κ1) is 24.9. The van der Waals surface area contributed by atoms with Crippen LogP contribution in [0.3, 0.4) is 0 Å². The number of halogens is 2. The zero-order valence-electron chi connectivity index (χ0n) is 17.9. The molecule has 0 unspecified atom stereocenters. The first-order valence-corrected chi connectivity index (χ1v) is 12.0. The lowest BCUT2D eigenvalue weighted by Crippen LogP contribution is -2.14. The Hall–Kier alpha value is -1.37. The quantitative estimate of drug-likeness (QED) is 0.335. The minimum absolute atomic E-state index is 0.277. The molecular weight excluding hydrogens is 441 g/mol. The van der Waals surface area contributed by atoms with Gasteiger partial charge in [0.05, 0.1) is 12.3 Å². The normalized spacial score (nSPS) is 11.3. The average molecular weight is 472 g/mol. The van der Waals surface area contributed by atoms with Crippen molar-refractivity contribution in [3.63, 3.8) is 0 Å². The van der Waals surface area contributed by atoms with Gasteiger partial charge in [0.25, 0.3) is 0 Å². The second kappa shape index (κ2) is 12.5. The number of carbonyl (C=O) groups excluding carboxylic acids is 1. The predicted octanol–water partition coefficient (Wildman–Crippen LogP) is 7.07. The van der Waals surface area contributed by atoms with E-state index in [-0.39, 0.29) is 5.92 Å². The Morgan fingerprint density at radius 3 is 2.47 bits per heavy atom. The van der Waals surface area contributed by atoms with Gasteiger partial charge in [0.1, 0.15) is 10.9 Å². The van der Waals surface area contributed by atoms with Crippen LogP contribution in [0.1, 0.15) is 70.3 Å². The third kappa shape index (κ3) is 7.71. The van der Waals surface area contributed by atoms with E-state index >= 15 is 0 Å². The molecule has 1 amide bonds. The molecule has 8 heteroatoms. The summed E-state index contributed by atoms with van der Waals surface area (Å²) in [5.74, 6) is 1.29. The van der Waals surface area contributed by atoms with Crippen molar-refractivity contribution in [1.82, 2.24) is 9.55 Å². The van der Waals surface area contributed by atoms with Crippen molar-refractivity contribution in [2.24, 2.45) is 5.73 Å². The van der Waals surface area contributed by atoms with Crippen molar-refractivity contribution in [2.75, 3.05) is 6.61 Å². The molecule has 0 aliphatic carbocycles. The number of unbranched alkanes of at least 4 members (excludes halogenated alkanes) is 3. The maximum absolute atomic E-state index is 10.8. The maximum atomic E-state index is 10.8. The fraction of sp³-hybridized carbons (Fsp3) is 0.545. The highest BCUT2D eigenvalue weighted by molar-refractivity contribution is 7.99. The zero-order chi connectivity index (χ0) is 22.1. The van der Waals surface area contributed by atoms with Gasteiger partial charge >= 0.3 is 6.09 Å². The summed E-state index contributed by atoms with van der Waals surface area (Å²) in [5, 5.41) is 2.37. The van der Waals surface area contributed by atoms with Gasteiger partial charge in [-0.15, -0.1) is 0 Å².